The van der Waals surface area contributed by atoms with E-state index in [1.54, 1.807) is 48.5 Å². The van der Waals surface area contributed by atoms with Gasteiger partial charge in [-0.2, -0.15) is 9.78 Å². The molecule has 24 heavy (non-hydrogen) atoms. The number of methoxy groups -OCH3 is 1. The highest BCUT2D eigenvalue weighted by Gasteiger charge is 2.12. The summed E-state index contributed by atoms with van der Waals surface area (Å²) >= 11 is 5.86. The molecular weight excluding hydrogens is 330 g/mol. The molecule has 1 aromatic heterocycles. The Labute approximate surface area is 142 Å². The summed E-state index contributed by atoms with van der Waals surface area (Å²) in [7, 11) is 1.51. The zero-order chi connectivity index (χ0) is 17.1. The molecule has 0 spiro atoms. The standard InChI is InChI=1S/C17H14ClN3O3/c1-24-15-5-3-2-4-14(15)21-17(23)20(16(22)10-19-21)11-12-6-8-13(18)9-7-12/h2-10H,11H2,1H3. The van der Waals surface area contributed by atoms with Gasteiger partial charge in [-0.3, -0.25) is 9.36 Å². The van der Waals surface area contributed by atoms with E-state index in [1.165, 1.54) is 7.11 Å². The molecule has 0 fully saturated rings. The van der Waals surface area contributed by atoms with Gasteiger partial charge in [0.05, 0.1) is 13.7 Å². The minimum Gasteiger partial charge on any atom is -0.494 e. The molecule has 0 amide bonds. The fourth-order valence-corrected chi connectivity index (χ4v) is 2.45. The van der Waals surface area contributed by atoms with E-state index < -0.39 is 11.2 Å². The third kappa shape index (κ3) is 3.09. The van der Waals surface area contributed by atoms with Crippen LogP contribution in [0.1, 0.15) is 5.56 Å². The fraction of sp³-hybridized carbons (Fsp3) is 0.118. The van der Waals surface area contributed by atoms with Crippen LogP contribution in [0.15, 0.2) is 64.3 Å². The maximum atomic E-state index is 12.7. The summed E-state index contributed by atoms with van der Waals surface area (Å²) in [5, 5.41) is 4.53. The molecule has 0 saturated carbocycles. The number of nitrogens with zero attached hydrogens (tertiary/aromatic N) is 3. The molecule has 1 heterocycles. The minimum atomic E-state index is -0.540. The third-order valence-electron chi connectivity index (χ3n) is 3.53. The van der Waals surface area contributed by atoms with Gasteiger partial charge < -0.3 is 4.74 Å². The highest BCUT2D eigenvalue weighted by molar-refractivity contribution is 6.30. The highest BCUT2D eigenvalue weighted by atomic mass is 35.5. The monoisotopic (exact) mass is 343 g/mol. The van der Waals surface area contributed by atoms with Crippen molar-refractivity contribution in [2.24, 2.45) is 0 Å². The molecule has 0 aliphatic carbocycles. The van der Waals surface area contributed by atoms with Crippen molar-refractivity contribution in [2.75, 3.05) is 7.11 Å². The number of rotatable bonds is 4. The number of aromatic nitrogens is 3. The Bertz CT molecular complexity index is 977. The van der Waals surface area contributed by atoms with Crippen LogP contribution in [0.2, 0.25) is 5.02 Å². The van der Waals surface area contributed by atoms with Gasteiger partial charge in [0.15, 0.2) is 0 Å². The Morgan fingerprint density at radius 3 is 2.50 bits per heavy atom. The largest absolute Gasteiger partial charge is 0.494 e. The number of halogens is 1. The Hall–Kier alpha value is -2.86. The first-order valence-electron chi connectivity index (χ1n) is 7.17. The molecule has 3 aromatic rings. The summed E-state index contributed by atoms with van der Waals surface area (Å²) in [4.78, 5) is 24.8. The maximum Gasteiger partial charge on any atom is 0.352 e. The van der Waals surface area contributed by atoms with Crippen LogP contribution in [0.3, 0.4) is 0 Å². The van der Waals surface area contributed by atoms with Gasteiger partial charge >= 0.3 is 5.69 Å². The van der Waals surface area contributed by atoms with E-state index in [2.05, 4.69) is 5.10 Å². The van der Waals surface area contributed by atoms with Crippen molar-refractivity contribution in [1.29, 1.82) is 0 Å². The van der Waals surface area contributed by atoms with Crippen LogP contribution >= 0.6 is 11.6 Å². The SMILES string of the molecule is COc1ccccc1-n1ncc(=O)n(Cc2ccc(Cl)cc2)c1=O. The van der Waals surface area contributed by atoms with Crippen LogP contribution in [-0.4, -0.2) is 21.5 Å². The topological polar surface area (TPSA) is 66.1 Å². The summed E-state index contributed by atoms with van der Waals surface area (Å²) < 4.78 is 7.52. The third-order valence-corrected chi connectivity index (χ3v) is 3.78. The van der Waals surface area contributed by atoms with E-state index in [-0.39, 0.29) is 6.54 Å². The number of para-hydroxylation sites is 2. The van der Waals surface area contributed by atoms with E-state index in [0.717, 1.165) is 21.0 Å². The molecule has 0 aliphatic heterocycles. The molecule has 0 saturated heterocycles. The predicted octanol–water partition coefficient (Wildman–Crippen LogP) is 2.10. The van der Waals surface area contributed by atoms with Crippen molar-refractivity contribution in [3.8, 4) is 11.4 Å². The zero-order valence-electron chi connectivity index (χ0n) is 12.8. The summed E-state index contributed by atoms with van der Waals surface area (Å²) in [6.45, 7) is 0.131. The smallest absolute Gasteiger partial charge is 0.352 e. The normalized spacial score (nSPS) is 10.6. The first-order chi connectivity index (χ1) is 11.6. The lowest BCUT2D eigenvalue weighted by Gasteiger charge is -2.11. The fourth-order valence-electron chi connectivity index (χ4n) is 2.32. The molecule has 0 aliphatic rings. The molecule has 122 valence electrons. The Balaban J connectivity index is 2.10. The van der Waals surface area contributed by atoms with Crippen LogP contribution in [0.5, 0.6) is 5.75 Å². The first-order valence-corrected chi connectivity index (χ1v) is 7.55. The Kier molecular flexibility index (Phi) is 4.48. The summed E-state index contributed by atoms with van der Waals surface area (Å²) in [6, 6.07) is 13.9. The molecule has 0 bridgehead atoms. The van der Waals surface area contributed by atoms with Crippen molar-refractivity contribution in [3.63, 3.8) is 0 Å². The highest BCUT2D eigenvalue weighted by Crippen LogP contribution is 2.19. The van der Waals surface area contributed by atoms with Crippen molar-refractivity contribution < 1.29 is 4.74 Å². The summed E-state index contributed by atoms with van der Waals surface area (Å²) in [6.07, 6.45) is 1.11. The molecule has 3 rings (SSSR count). The Morgan fingerprint density at radius 1 is 1.08 bits per heavy atom. The molecule has 7 heteroatoms. The zero-order valence-corrected chi connectivity index (χ0v) is 13.6. The lowest BCUT2D eigenvalue weighted by Crippen LogP contribution is -2.40. The molecule has 2 aromatic carbocycles. The quantitative estimate of drug-likeness (QED) is 0.727. The molecule has 0 N–H and O–H groups in total. The second-order valence-electron chi connectivity index (χ2n) is 5.06. The van der Waals surface area contributed by atoms with E-state index in [4.69, 9.17) is 16.3 Å². The van der Waals surface area contributed by atoms with Crippen LogP contribution in [0.4, 0.5) is 0 Å². The minimum absolute atomic E-state index is 0.131. The lowest BCUT2D eigenvalue weighted by molar-refractivity contribution is 0.410. The number of hydrogen-bond donors (Lipinski definition) is 0. The van der Waals surface area contributed by atoms with Crippen LogP contribution in [0, 0.1) is 0 Å². The van der Waals surface area contributed by atoms with Crippen molar-refractivity contribution in [1.82, 2.24) is 14.3 Å². The molecular formula is C17H14ClN3O3. The van der Waals surface area contributed by atoms with Gasteiger partial charge in [0, 0.05) is 5.02 Å². The van der Waals surface area contributed by atoms with Crippen molar-refractivity contribution in [3.05, 3.63) is 86.2 Å². The number of hydrogen-bond acceptors (Lipinski definition) is 4. The number of ether oxygens (including phenoxy) is 1. The van der Waals surface area contributed by atoms with Crippen molar-refractivity contribution >= 4 is 11.6 Å². The molecule has 0 radical (unpaired) electrons. The Morgan fingerprint density at radius 2 is 1.79 bits per heavy atom. The summed E-state index contributed by atoms with van der Waals surface area (Å²) in [5.74, 6) is 0.490. The van der Waals surface area contributed by atoms with Crippen LogP contribution in [0.25, 0.3) is 5.69 Å². The van der Waals surface area contributed by atoms with Crippen LogP contribution < -0.4 is 16.0 Å². The predicted molar refractivity (Wildman–Crippen MR) is 91.2 cm³/mol. The van der Waals surface area contributed by atoms with E-state index in [9.17, 15) is 9.59 Å². The van der Waals surface area contributed by atoms with Gasteiger partial charge in [0.25, 0.3) is 5.56 Å². The first kappa shape index (κ1) is 16.0. The van der Waals surface area contributed by atoms with Crippen LogP contribution in [-0.2, 0) is 6.54 Å². The number of benzene rings is 2. The maximum absolute atomic E-state index is 12.7. The summed E-state index contributed by atoms with van der Waals surface area (Å²) in [5.41, 5.74) is 0.245. The van der Waals surface area contributed by atoms with E-state index in [0.29, 0.717) is 16.5 Å². The van der Waals surface area contributed by atoms with Gasteiger partial charge in [0.2, 0.25) is 0 Å². The van der Waals surface area contributed by atoms with Gasteiger partial charge in [-0.1, -0.05) is 35.9 Å². The van der Waals surface area contributed by atoms with Gasteiger partial charge in [-0.15, -0.1) is 0 Å². The molecule has 6 nitrogen and oxygen atoms in total. The van der Waals surface area contributed by atoms with E-state index in [1.807, 2.05) is 0 Å². The van der Waals surface area contributed by atoms with Gasteiger partial charge in [-0.05, 0) is 29.8 Å². The van der Waals surface area contributed by atoms with Gasteiger partial charge in [-0.25, -0.2) is 4.79 Å². The average molecular weight is 344 g/mol. The molecule has 0 unspecified atom stereocenters. The van der Waals surface area contributed by atoms with Crippen molar-refractivity contribution in [2.45, 2.75) is 6.54 Å². The lowest BCUT2D eigenvalue weighted by atomic mass is 10.2. The van der Waals surface area contributed by atoms with Gasteiger partial charge in [0.1, 0.15) is 17.6 Å². The second-order valence-corrected chi connectivity index (χ2v) is 5.50. The second kappa shape index (κ2) is 6.72. The molecule has 0 atom stereocenters. The van der Waals surface area contributed by atoms with E-state index >= 15 is 0 Å². The average Bonchev–Trinajstić information content (AvgIpc) is 2.60.